The summed E-state index contributed by atoms with van der Waals surface area (Å²) in [7, 11) is 0. The summed E-state index contributed by atoms with van der Waals surface area (Å²) in [6.45, 7) is 6.82. The highest BCUT2D eigenvalue weighted by Gasteiger charge is 2.25. The molecule has 0 radical (unpaired) electrons. The van der Waals surface area contributed by atoms with Crippen LogP contribution >= 0.6 is 0 Å². The Balaban J connectivity index is 3.15. The molecular formula is C14H19N3O4. The number of nitro groups is 1. The van der Waals surface area contributed by atoms with Crippen LogP contribution in [0.1, 0.15) is 33.3 Å². The van der Waals surface area contributed by atoms with E-state index >= 15 is 0 Å². The molecule has 0 fully saturated rings. The van der Waals surface area contributed by atoms with Gasteiger partial charge in [0.2, 0.25) is 11.8 Å². The predicted molar refractivity (Wildman–Crippen MR) is 79.1 cm³/mol. The third-order valence-corrected chi connectivity index (χ3v) is 3.07. The minimum Gasteiger partial charge on any atom is -0.355 e. The first-order valence-corrected chi connectivity index (χ1v) is 6.44. The van der Waals surface area contributed by atoms with E-state index in [0.717, 1.165) is 0 Å². The van der Waals surface area contributed by atoms with Gasteiger partial charge in [0.1, 0.15) is 5.69 Å². The maximum absolute atomic E-state index is 11.1. The first kappa shape index (κ1) is 16.6. The smallest absolute Gasteiger partial charge is 0.293 e. The molecule has 1 aromatic rings. The molecule has 0 saturated carbocycles. The zero-order chi connectivity index (χ0) is 16.2. The number of hydrogen-bond acceptors (Lipinski definition) is 4. The molecule has 1 rings (SSSR count). The second-order valence-electron chi connectivity index (χ2n) is 5.46. The molecule has 0 heterocycles. The fraction of sp³-hybridized carbons (Fsp3) is 0.429. The molecule has 0 aliphatic rings. The lowest BCUT2D eigenvalue weighted by Crippen LogP contribution is -2.35. The van der Waals surface area contributed by atoms with E-state index < -0.39 is 10.3 Å². The average Bonchev–Trinajstić information content (AvgIpc) is 2.35. The Kier molecular flexibility index (Phi) is 5.02. The zero-order valence-corrected chi connectivity index (χ0v) is 12.5. The molecule has 2 N–H and O–H groups in total. The van der Waals surface area contributed by atoms with Crippen molar-refractivity contribution in [3.63, 3.8) is 0 Å². The minimum absolute atomic E-state index is 0.159. The van der Waals surface area contributed by atoms with Crippen LogP contribution in [-0.2, 0) is 15.0 Å². The summed E-state index contributed by atoms with van der Waals surface area (Å²) in [5, 5.41) is 16.3. The number of anilines is 1. The molecule has 7 heteroatoms. The summed E-state index contributed by atoms with van der Waals surface area (Å²) in [4.78, 5) is 32.7. The summed E-state index contributed by atoms with van der Waals surface area (Å²) >= 11 is 0. The van der Waals surface area contributed by atoms with Gasteiger partial charge in [-0.3, -0.25) is 19.7 Å². The highest BCUT2D eigenvalue weighted by molar-refractivity contribution is 5.91. The molecule has 0 atom stereocenters. The van der Waals surface area contributed by atoms with Gasteiger partial charge in [0.15, 0.2) is 0 Å². The van der Waals surface area contributed by atoms with E-state index in [1.165, 1.54) is 26.0 Å². The Labute approximate surface area is 122 Å². The zero-order valence-electron chi connectivity index (χ0n) is 12.5. The van der Waals surface area contributed by atoms with Crippen molar-refractivity contribution < 1.29 is 14.5 Å². The average molecular weight is 293 g/mol. The molecule has 21 heavy (non-hydrogen) atoms. The van der Waals surface area contributed by atoms with Gasteiger partial charge in [-0.25, -0.2) is 0 Å². The molecule has 7 nitrogen and oxygen atoms in total. The van der Waals surface area contributed by atoms with E-state index in [1.54, 1.807) is 6.07 Å². The highest BCUT2D eigenvalue weighted by atomic mass is 16.6. The number of benzene rings is 1. The largest absolute Gasteiger partial charge is 0.355 e. The van der Waals surface area contributed by atoms with E-state index in [-0.39, 0.29) is 23.2 Å². The Morgan fingerprint density at radius 2 is 1.86 bits per heavy atom. The summed E-state index contributed by atoms with van der Waals surface area (Å²) < 4.78 is 0. The topological polar surface area (TPSA) is 101 Å². The van der Waals surface area contributed by atoms with E-state index in [4.69, 9.17) is 0 Å². The van der Waals surface area contributed by atoms with Crippen LogP contribution in [0, 0.1) is 10.1 Å². The van der Waals surface area contributed by atoms with E-state index in [2.05, 4.69) is 10.6 Å². The van der Waals surface area contributed by atoms with Crippen LogP contribution < -0.4 is 10.6 Å². The maximum atomic E-state index is 11.1. The Morgan fingerprint density at radius 3 is 2.33 bits per heavy atom. The second kappa shape index (κ2) is 6.34. The predicted octanol–water partition coefficient (Wildman–Crippen LogP) is 1.97. The van der Waals surface area contributed by atoms with Crippen molar-refractivity contribution in [2.24, 2.45) is 0 Å². The van der Waals surface area contributed by atoms with Crippen LogP contribution in [0.2, 0.25) is 0 Å². The van der Waals surface area contributed by atoms with Crippen LogP contribution in [0.4, 0.5) is 11.4 Å². The first-order chi connectivity index (χ1) is 9.63. The third kappa shape index (κ3) is 4.55. The number of hydrogen-bond donors (Lipinski definition) is 2. The molecule has 0 aromatic heterocycles. The van der Waals surface area contributed by atoms with Crippen molar-refractivity contribution in [3.05, 3.63) is 33.9 Å². The Bertz CT molecular complexity index is 582. The second-order valence-corrected chi connectivity index (χ2v) is 5.46. The van der Waals surface area contributed by atoms with Gasteiger partial charge in [0.25, 0.3) is 5.69 Å². The van der Waals surface area contributed by atoms with Gasteiger partial charge < -0.3 is 10.6 Å². The molecule has 0 unspecified atom stereocenters. The molecule has 0 aliphatic carbocycles. The summed E-state index contributed by atoms with van der Waals surface area (Å²) in [6, 6.07) is 4.64. The van der Waals surface area contributed by atoms with E-state index in [9.17, 15) is 19.7 Å². The summed E-state index contributed by atoms with van der Waals surface area (Å²) in [5.74, 6) is -0.532. The summed E-state index contributed by atoms with van der Waals surface area (Å²) in [6.07, 6.45) is 0. The molecule has 0 bridgehead atoms. The van der Waals surface area contributed by atoms with Crippen molar-refractivity contribution in [1.29, 1.82) is 0 Å². The molecule has 0 saturated heterocycles. The molecule has 114 valence electrons. The molecule has 1 aromatic carbocycles. The quantitative estimate of drug-likeness (QED) is 0.640. The Morgan fingerprint density at radius 1 is 1.24 bits per heavy atom. The van der Waals surface area contributed by atoms with Crippen LogP contribution in [-0.4, -0.2) is 23.3 Å². The standard InChI is InChI=1S/C14H19N3O4/c1-9(18)15-8-14(3,4)11-5-6-12(16-10(2)19)13(7-11)17(20)21/h5-7H,8H2,1-4H3,(H,15,18)(H,16,19). The van der Waals surface area contributed by atoms with Gasteiger partial charge in [0.05, 0.1) is 4.92 Å². The molecular weight excluding hydrogens is 274 g/mol. The number of carbonyl (C=O) groups excluding carboxylic acids is 2. The maximum Gasteiger partial charge on any atom is 0.293 e. The minimum atomic E-state index is -0.538. The number of rotatable bonds is 5. The number of nitrogens with zero attached hydrogens (tertiary/aromatic N) is 1. The van der Waals surface area contributed by atoms with Crippen molar-refractivity contribution in [1.82, 2.24) is 5.32 Å². The normalized spacial score (nSPS) is 10.9. The van der Waals surface area contributed by atoms with Crippen LogP contribution in [0.3, 0.4) is 0 Å². The van der Waals surface area contributed by atoms with Crippen LogP contribution in [0.5, 0.6) is 0 Å². The fourth-order valence-electron chi connectivity index (χ4n) is 1.85. The number of nitrogens with one attached hydrogen (secondary N) is 2. The van der Waals surface area contributed by atoms with Crippen molar-refractivity contribution in [3.8, 4) is 0 Å². The van der Waals surface area contributed by atoms with E-state index in [1.807, 2.05) is 13.8 Å². The number of carbonyl (C=O) groups is 2. The van der Waals surface area contributed by atoms with Gasteiger partial charge in [-0.15, -0.1) is 0 Å². The lowest BCUT2D eigenvalue weighted by atomic mass is 9.84. The van der Waals surface area contributed by atoms with E-state index in [0.29, 0.717) is 12.1 Å². The fourth-order valence-corrected chi connectivity index (χ4v) is 1.85. The lowest BCUT2D eigenvalue weighted by Gasteiger charge is -2.25. The molecule has 2 amide bonds. The van der Waals surface area contributed by atoms with Crippen molar-refractivity contribution >= 4 is 23.2 Å². The van der Waals surface area contributed by atoms with Gasteiger partial charge in [-0.1, -0.05) is 19.9 Å². The van der Waals surface area contributed by atoms with Gasteiger partial charge >= 0.3 is 0 Å². The van der Waals surface area contributed by atoms with Crippen LogP contribution in [0.15, 0.2) is 18.2 Å². The van der Waals surface area contributed by atoms with Gasteiger partial charge in [-0.05, 0) is 11.6 Å². The molecule has 0 aliphatic heterocycles. The number of amides is 2. The van der Waals surface area contributed by atoms with Gasteiger partial charge in [0, 0.05) is 31.9 Å². The van der Waals surface area contributed by atoms with Crippen molar-refractivity contribution in [2.75, 3.05) is 11.9 Å². The third-order valence-electron chi connectivity index (χ3n) is 3.07. The monoisotopic (exact) mass is 293 g/mol. The lowest BCUT2D eigenvalue weighted by molar-refractivity contribution is -0.384. The van der Waals surface area contributed by atoms with Crippen LogP contribution in [0.25, 0.3) is 0 Å². The Hall–Kier alpha value is -2.44. The SMILES string of the molecule is CC(=O)NCC(C)(C)c1ccc(NC(C)=O)c([N+](=O)[O-])c1. The van der Waals surface area contributed by atoms with Gasteiger partial charge in [-0.2, -0.15) is 0 Å². The summed E-state index contributed by atoms with van der Waals surface area (Å²) in [5.41, 5.74) is 0.229. The number of nitro benzene ring substituents is 1. The van der Waals surface area contributed by atoms with Crippen molar-refractivity contribution in [2.45, 2.75) is 33.1 Å². The first-order valence-electron chi connectivity index (χ1n) is 6.44. The molecule has 0 spiro atoms. The highest BCUT2D eigenvalue weighted by Crippen LogP contribution is 2.31.